The zero-order valence-corrected chi connectivity index (χ0v) is 10.9. The first kappa shape index (κ1) is 14.0. The first-order valence-electron chi connectivity index (χ1n) is 6.12. The molecule has 0 aromatic heterocycles. The predicted octanol–water partition coefficient (Wildman–Crippen LogP) is 2.71. The molecule has 0 heterocycles. The molecular weight excluding hydrogens is 259 g/mol. The van der Waals surface area contributed by atoms with Crippen molar-refractivity contribution in [3.05, 3.63) is 59.4 Å². The van der Waals surface area contributed by atoms with E-state index >= 15 is 0 Å². The van der Waals surface area contributed by atoms with Crippen LogP contribution in [0.15, 0.2) is 42.5 Å². The number of carbonyl (C=O) groups is 1. The Bertz CT molecular complexity index is 642. The summed E-state index contributed by atoms with van der Waals surface area (Å²) in [5.41, 5.74) is 6.97. The topological polar surface area (TPSA) is 75.3 Å². The third-order valence-corrected chi connectivity index (χ3v) is 2.92. The molecule has 0 saturated carbocycles. The fourth-order valence-electron chi connectivity index (χ4n) is 1.89. The Hall–Kier alpha value is -2.40. The largest absolute Gasteiger partial charge is 0.398 e. The SMILES string of the molecule is CC(O)c1ccccc1NC(=O)c1cc(F)ccc1N. The number of hydrogen-bond donors (Lipinski definition) is 3. The molecule has 2 aromatic carbocycles. The molecule has 2 aromatic rings. The number of rotatable bonds is 3. The molecule has 0 bridgehead atoms. The van der Waals surface area contributed by atoms with Crippen molar-refractivity contribution in [3.63, 3.8) is 0 Å². The van der Waals surface area contributed by atoms with Crippen LogP contribution in [-0.4, -0.2) is 11.0 Å². The van der Waals surface area contributed by atoms with E-state index in [4.69, 9.17) is 5.73 Å². The minimum absolute atomic E-state index is 0.0606. The quantitative estimate of drug-likeness (QED) is 0.753. The van der Waals surface area contributed by atoms with Crippen molar-refractivity contribution in [2.75, 3.05) is 11.1 Å². The van der Waals surface area contributed by atoms with Crippen molar-refractivity contribution in [2.45, 2.75) is 13.0 Å². The first-order valence-corrected chi connectivity index (χ1v) is 6.12. The van der Waals surface area contributed by atoms with E-state index in [-0.39, 0.29) is 11.3 Å². The number of anilines is 2. The van der Waals surface area contributed by atoms with E-state index in [1.54, 1.807) is 31.2 Å². The molecule has 1 atom stereocenters. The molecule has 104 valence electrons. The molecule has 1 amide bonds. The van der Waals surface area contributed by atoms with Gasteiger partial charge in [0.1, 0.15) is 5.82 Å². The average molecular weight is 274 g/mol. The maximum Gasteiger partial charge on any atom is 0.257 e. The maximum atomic E-state index is 13.2. The van der Waals surface area contributed by atoms with E-state index in [0.717, 1.165) is 6.07 Å². The van der Waals surface area contributed by atoms with Gasteiger partial charge in [-0.15, -0.1) is 0 Å². The molecule has 0 aliphatic heterocycles. The number of nitrogen functional groups attached to an aromatic ring is 1. The summed E-state index contributed by atoms with van der Waals surface area (Å²) in [6.07, 6.45) is -0.726. The van der Waals surface area contributed by atoms with Crippen LogP contribution in [0.2, 0.25) is 0 Å². The third-order valence-electron chi connectivity index (χ3n) is 2.92. The smallest absolute Gasteiger partial charge is 0.257 e. The minimum Gasteiger partial charge on any atom is -0.398 e. The molecule has 4 nitrogen and oxygen atoms in total. The zero-order chi connectivity index (χ0) is 14.7. The summed E-state index contributed by atoms with van der Waals surface area (Å²) in [7, 11) is 0. The lowest BCUT2D eigenvalue weighted by molar-refractivity contribution is 0.102. The summed E-state index contributed by atoms with van der Waals surface area (Å²) in [5.74, 6) is -1.05. The van der Waals surface area contributed by atoms with Crippen LogP contribution in [0.4, 0.5) is 15.8 Å². The Morgan fingerprint density at radius 2 is 2.00 bits per heavy atom. The van der Waals surface area contributed by atoms with Gasteiger partial charge in [0.15, 0.2) is 0 Å². The zero-order valence-electron chi connectivity index (χ0n) is 10.9. The predicted molar refractivity (Wildman–Crippen MR) is 75.8 cm³/mol. The van der Waals surface area contributed by atoms with E-state index in [9.17, 15) is 14.3 Å². The molecule has 0 spiro atoms. The number of para-hydroxylation sites is 1. The van der Waals surface area contributed by atoms with E-state index in [1.807, 2.05) is 0 Å². The standard InChI is InChI=1S/C15H15FN2O2/c1-9(19)11-4-2-3-5-14(11)18-15(20)12-8-10(16)6-7-13(12)17/h2-9,19H,17H2,1H3,(H,18,20). The second-order valence-corrected chi connectivity index (χ2v) is 4.45. The third kappa shape index (κ3) is 2.95. The monoisotopic (exact) mass is 274 g/mol. The highest BCUT2D eigenvalue weighted by molar-refractivity contribution is 6.08. The Labute approximate surface area is 116 Å². The van der Waals surface area contributed by atoms with Gasteiger partial charge in [-0.3, -0.25) is 4.79 Å². The molecule has 0 aliphatic carbocycles. The Kier molecular flexibility index (Phi) is 4.00. The highest BCUT2D eigenvalue weighted by atomic mass is 19.1. The van der Waals surface area contributed by atoms with E-state index < -0.39 is 17.8 Å². The number of halogens is 1. The maximum absolute atomic E-state index is 13.2. The Balaban J connectivity index is 2.31. The van der Waals surface area contributed by atoms with Crippen LogP contribution < -0.4 is 11.1 Å². The van der Waals surface area contributed by atoms with E-state index in [0.29, 0.717) is 11.3 Å². The van der Waals surface area contributed by atoms with Gasteiger partial charge < -0.3 is 16.2 Å². The van der Waals surface area contributed by atoms with Gasteiger partial charge in [-0.25, -0.2) is 4.39 Å². The van der Waals surface area contributed by atoms with Crippen LogP contribution in [0.25, 0.3) is 0 Å². The van der Waals surface area contributed by atoms with Gasteiger partial charge >= 0.3 is 0 Å². The van der Waals surface area contributed by atoms with Gasteiger partial charge in [-0.1, -0.05) is 18.2 Å². The summed E-state index contributed by atoms with van der Waals surface area (Å²) < 4.78 is 13.2. The van der Waals surface area contributed by atoms with Crippen molar-refractivity contribution < 1.29 is 14.3 Å². The summed E-state index contributed by atoms with van der Waals surface area (Å²) in [5, 5.41) is 12.3. The number of hydrogen-bond acceptors (Lipinski definition) is 3. The van der Waals surface area contributed by atoms with Crippen LogP contribution >= 0.6 is 0 Å². The molecule has 2 rings (SSSR count). The molecule has 20 heavy (non-hydrogen) atoms. The Morgan fingerprint density at radius 1 is 1.30 bits per heavy atom. The molecule has 0 radical (unpaired) electrons. The Morgan fingerprint density at radius 3 is 2.70 bits per heavy atom. The van der Waals surface area contributed by atoms with Gasteiger partial charge in [0, 0.05) is 16.9 Å². The number of carbonyl (C=O) groups excluding carboxylic acids is 1. The van der Waals surface area contributed by atoms with Gasteiger partial charge in [0.25, 0.3) is 5.91 Å². The van der Waals surface area contributed by atoms with Crippen LogP contribution in [0.1, 0.15) is 28.9 Å². The van der Waals surface area contributed by atoms with Crippen molar-refractivity contribution in [1.29, 1.82) is 0 Å². The summed E-state index contributed by atoms with van der Waals surface area (Å²) in [6, 6.07) is 10.5. The molecule has 4 N–H and O–H groups in total. The average Bonchev–Trinajstić information content (AvgIpc) is 2.41. The highest BCUT2D eigenvalue weighted by Gasteiger charge is 2.14. The van der Waals surface area contributed by atoms with Crippen LogP contribution in [0.3, 0.4) is 0 Å². The van der Waals surface area contributed by atoms with Crippen molar-refractivity contribution in [1.82, 2.24) is 0 Å². The van der Waals surface area contributed by atoms with Crippen molar-refractivity contribution >= 4 is 17.3 Å². The summed E-state index contributed by atoms with van der Waals surface area (Å²) in [4.78, 5) is 12.1. The second-order valence-electron chi connectivity index (χ2n) is 4.45. The van der Waals surface area contributed by atoms with Crippen LogP contribution in [0.5, 0.6) is 0 Å². The van der Waals surface area contributed by atoms with E-state index in [2.05, 4.69) is 5.32 Å². The van der Waals surface area contributed by atoms with Crippen molar-refractivity contribution in [2.24, 2.45) is 0 Å². The van der Waals surface area contributed by atoms with Gasteiger partial charge in [0.05, 0.1) is 11.7 Å². The fraction of sp³-hybridized carbons (Fsp3) is 0.133. The minimum atomic E-state index is -0.726. The lowest BCUT2D eigenvalue weighted by atomic mass is 10.1. The fourth-order valence-corrected chi connectivity index (χ4v) is 1.89. The molecule has 1 unspecified atom stereocenters. The molecule has 0 fully saturated rings. The normalized spacial score (nSPS) is 11.9. The number of aliphatic hydroxyl groups excluding tert-OH is 1. The van der Waals surface area contributed by atoms with Gasteiger partial charge in [-0.2, -0.15) is 0 Å². The summed E-state index contributed by atoms with van der Waals surface area (Å²) in [6.45, 7) is 1.60. The second kappa shape index (κ2) is 5.71. The number of benzene rings is 2. The van der Waals surface area contributed by atoms with Crippen molar-refractivity contribution in [3.8, 4) is 0 Å². The number of nitrogens with two attached hydrogens (primary N) is 1. The molecule has 0 aliphatic rings. The molecule has 0 saturated heterocycles. The lowest BCUT2D eigenvalue weighted by Gasteiger charge is -2.13. The highest BCUT2D eigenvalue weighted by Crippen LogP contribution is 2.23. The van der Waals surface area contributed by atoms with Crippen LogP contribution in [-0.2, 0) is 0 Å². The molecular formula is C15H15FN2O2. The number of nitrogens with one attached hydrogen (secondary N) is 1. The number of aliphatic hydroxyl groups is 1. The van der Waals surface area contributed by atoms with Gasteiger partial charge in [0.2, 0.25) is 0 Å². The van der Waals surface area contributed by atoms with E-state index in [1.165, 1.54) is 12.1 Å². The number of amides is 1. The van der Waals surface area contributed by atoms with Crippen LogP contribution in [0, 0.1) is 5.82 Å². The summed E-state index contributed by atoms with van der Waals surface area (Å²) >= 11 is 0. The first-order chi connectivity index (χ1) is 9.49. The molecule has 5 heteroatoms. The van der Waals surface area contributed by atoms with Gasteiger partial charge in [-0.05, 0) is 31.2 Å². The lowest BCUT2D eigenvalue weighted by Crippen LogP contribution is -2.16.